The van der Waals surface area contributed by atoms with Gasteiger partial charge in [-0.3, -0.25) is 0 Å². The number of aromatic nitrogens is 1. The highest BCUT2D eigenvalue weighted by Gasteiger charge is 2.05. The Morgan fingerprint density at radius 2 is 1.38 bits per heavy atom. The summed E-state index contributed by atoms with van der Waals surface area (Å²) in [7, 11) is 1.71. The number of methoxy groups -OCH3 is 1. The smallest absolute Gasteiger partial charge is 0.211 e. The lowest BCUT2D eigenvalue weighted by Gasteiger charge is -2.08. The standard InChI is InChI=1S/C22H17NO/c1-24-22-13-12-16(18-6-2-3-8-20(18)22)10-11-17-14-15-23-21-9-5-4-7-19(17)21/h2-15H,1H3/p+1/b11-10+. The average molecular weight is 312 g/mol. The molecule has 3 aromatic carbocycles. The molecule has 116 valence electrons. The number of fused-ring (bicyclic) bond motifs is 2. The lowest BCUT2D eigenvalue weighted by molar-refractivity contribution is -0.344. The van der Waals surface area contributed by atoms with Gasteiger partial charge in [0.25, 0.3) is 0 Å². The van der Waals surface area contributed by atoms with Crippen molar-refractivity contribution in [3.8, 4) is 5.75 Å². The third-order valence-corrected chi connectivity index (χ3v) is 4.32. The molecule has 0 spiro atoms. The van der Waals surface area contributed by atoms with Crippen molar-refractivity contribution < 1.29 is 9.72 Å². The van der Waals surface area contributed by atoms with Crippen LogP contribution in [0.25, 0.3) is 33.8 Å². The normalized spacial score (nSPS) is 11.4. The second-order valence-electron chi connectivity index (χ2n) is 5.71. The van der Waals surface area contributed by atoms with Gasteiger partial charge in [-0.05, 0) is 28.6 Å². The van der Waals surface area contributed by atoms with Gasteiger partial charge < -0.3 is 4.74 Å². The Hall–Kier alpha value is -3.13. The average Bonchev–Trinajstić information content (AvgIpc) is 2.66. The van der Waals surface area contributed by atoms with E-state index in [4.69, 9.17) is 4.74 Å². The Morgan fingerprint density at radius 1 is 0.708 bits per heavy atom. The number of benzene rings is 3. The fraction of sp³-hybridized carbons (Fsp3) is 0.0455. The second-order valence-corrected chi connectivity index (χ2v) is 5.71. The Labute approximate surface area is 141 Å². The van der Waals surface area contributed by atoms with Crippen LogP contribution in [-0.2, 0) is 0 Å². The van der Waals surface area contributed by atoms with Gasteiger partial charge in [-0.1, -0.05) is 54.6 Å². The zero-order valence-electron chi connectivity index (χ0n) is 13.5. The van der Waals surface area contributed by atoms with E-state index in [0.717, 1.165) is 16.7 Å². The molecule has 2 nitrogen and oxygen atoms in total. The first-order valence-electron chi connectivity index (χ1n) is 8.00. The maximum atomic E-state index is 5.47. The monoisotopic (exact) mass is 312 g/mol. The number of ether oxygens (including phenoxy) is 1. The van der Waals surface area contributed by atoms with Crippen molar-refractivity contribution in [3.05, 3.63) is 84.1 Å². The molecule has 0 radical (unpaired) electrons. The van der Waals surface area contributed by atoms with Gasteiger partial charge in [-0.15, -0.1) is 0 Å². The van der Waals surface area contributed by atoms with Gasteiger partial charge >= 0.3 is 0 Å². The molecule has 4 rings (SSSR count). The van der Waals surface area contributed by atoms with E-state index in [1.807, 2.05) is 24.4 Å². The minimum Gasteiger partial charge on any atom is -0.496 e. The van der Waals surface area contributed by atoms with Gasteiger partial charge in [0.2, 0.25) is 5.52 Å². The first-order valence-corrected chi connectivity index (χ1v) is 8.00. The van der Waals surface area contributed by atoms with Crippen molar-refractivity contribution in [3.63, 3.8) is 0 Å². The molecule has 0 aliphatic rings. The summed E-state index contributed by atoms with van der Waals surface area (Å²) in [5, 5.41) is 3.54. The number of hydrogen-bond acceptors (Lipinski definition) is 1. The minimum absolute atomic E-state index is 0.905. The van der Waals surface area contributed by atoms with E-state index in [9.17, 15) is 0 Å². The molecule has 0 aliphatic heterocycles. The highest BCUT2D eigenvalue weighted by Crippen LogP contribution is 2.29. The molecule has 0 saturated carbocycles. The van der Waals surface area contributed by atoms with Gasteiger partial charge in [-0.2, -0.15) is 0 Å². The number of pyridine rings is 1. The van der Waals surface area contributed by atoms with Crippen molar-refractivity contribution in [2.45, 2.75) is 0 Å². The van der Waals surface area contributed by atoms with E-state index in [1.54, 1.807) is 7.11 Å². The minimum atomic E-state index is 0.905. The van der Waals surface area contributed by atoms with Crippen molar-refractivity contribution in [1.82, 2.24) is 0 Å². The summed E-state index contributed by atoms with van der Waals surface area (Å²) in [4.78, 5) is 3.28. The number of aromatic amines is 1. The van der Waals surface area contributed by atoms with Crippen LogP contribution in [0.1, 0.15) is 11.1 Å². The molecule has 1 heterocycles. The molecule has 24 heavy (non-hydrogen) atoms. The number of para-hydroxylation sites is 1. The van der Waals surface area contributed by atoms with Crippen LogP contribution < -0.4 is 9.72 Å². The Bertz CT molecular complexity index is 1040. The van der Waals surface area contributed by atoms with Gasteiger partial charge in [0.1, 0.15) is 5.75 Å². The fourth-order valence-electron chi connectivity index (χ4n) is 3.11. The van der Waals surface area contributed by atoms with Crippen LogP contribution in [0.3, 0.4) is 0 Å². The molecule has 4 aromatic rings. The molecule has 0 fully saturated rings. The highest BCUT2D eigenvalue weighted by molar-refractivity contribution is 5.98. The number of nitrogens with one attached hydrogen (secondary N) is 1. The SMILES string of the molecule is COc1ccc(/C=C/c2cc[nH+]c3ccccc23)c2ccccc12. The molecule has 1 N–H and O–H groups in total. The summed E-state index contributed by atoms with van der Waals surface area (Å²) in [5.74, 6) is 0.905. The van der Waals surface area contributed by atoms with Gasteiger partial charge in [0, 0.05) is 17.5 Å². The van der Waals surface area contributed by atoms with Crippen LogP contribution >= 0.6 is 0 Å². The van der Waals surface area contributed by atoms with E-state index in [1.165, 1.54) is 21.9 Å². The number of H-pyrrole nitrogens is 1. The fourth-order valence-corrected chi connectivity index (χ4v) is 3.11. The third kappa shape index (κ3) is 2.52. The van der Waals surface area contributed by atoms with Crippen LogP contribution in [0.4, 0.5) is 0 Å². The molecule has 0 saturated heterocycles. The van der Waals surface area contributed by atoms with Crippen molar-refractivity contribution in [2.75, 3.05) is 7.11 Å². The zero-order chi connectivity index (χ0) is 16.4. The Morgan fingerprint density at radius 3 is 2.17 bits per heavy atom. The number of hydrogen-bond donors (Lipinski definition) is 0. The molecular formula is C22H18NO+. The summed E-state index contributed by atoms with van der Waals surface area (Å²) in [6.07, 6.45) is 6.32. The zero-order valence-corrected chi connectivity index (χ0v) is 13.5. The summed E-state index contributed by atoms with van der Waals surface area (Å²) < 4.78 is 5.47. The Balaban J connectivity index is 1.83. The molecule has 0 amide bonds. The van der Waals surface area contributed by atoms with E-state index in [2.05, 4.69) is 65.7 Å². The first-order chi connectivity index (χ1) is 11.9. The molecule has 0 bridgehead atoms. The predicted molar refractivity (Wildman–Crippen MR) is 99.9 cm³/mol. The van der Waals surface area contributed by atoms with E-state index >= 15 is 0 Å². The van der Waals surface area contributed by atoms with Gasteiger partial charge in [0.05, 0.1) is 12.5 Å². The molecular weight excluding hydrogens is 294 g/mol. The lowest BCUT2D eigenvalue weighted by atomic mass is 10.0. The van der Waals surface area contributed by atoms with Crippen molar-refractivity contribution in [2.24, 2.45) is 0 Å². The number of rotatable bonds is 3. The van der Waals surface area contributed by atoms with E-state index in [-0.39, 0.29) is 0 Å². The molecule has 1 aromatic heterocycles. The maximum Gasteiger partial charge on any atom is 0.211 e. The molecule has 0 aliphatic carbocycles. The molecule has 2 heteroatoms. The summed E-state index contributed by atoms with van der Waals surface area (Å²) in [6.45, 7) is 0. The first kappa shape index (κ1) is 14.5. The predicted octanol–water partition coefficient (Wildman–Crippen LogP) is 4.99. The topological polar surface area (TPSA) is 23.4 Å². The van der Waals surface area contributed by atoms with Crippen LogP contribution in [0.15, 0.2) is 72.9 Å². The quantitative estimate of drug-likeness (QED) is 0.523. The molecule has 0 unspecified atom stereocenters. The second kappa shape index (κ2) is 6.17. The van der Waals surface area contributed by atoms with Crippen LogP contribution in [-0.4, -0.2) is 7.11 Å². The van der Waals surface area contributed by atoms with Crippen LogP contribution in [0, 0.1) is 0 Å². The highest BCUT2D eigenvalue weighted by atomic mass is 16.5. The third-order valence-electron chi connectivity index (χ3n) is 4.32. The van der Waals surface area contributed by atoms with Crippen molar-refractivity contribution >= 4 is 33.8 Å². The summed E-state index contributed by atoms with van der Waals surface area (Å²) >= 11 is 0. The van der Waals surface area contributed by atoms with Crippen LogP contribution in [0.2, 0.25) is 0 Å². The summed E-state index contributed by atoms with van der Waals surface area (Å²) in [6, 6.07) is 22.9. The Kier molecular flexibility index (Phi) is 3.72. The maximum absolute atomic E-state index is 5.47. The molecule has 0 atom stereocenters. The van der Waals surface area contributed by atoms with E-state index < -0.39 is 0 Å². The van der Waals surface area contributed by atoms with Gasteiger partial charge in [0.15, 0.2) is 6.20 Å². The van der Waals surface area contributed by atoms with Gasteiger partial charge in [-0.25, -0.2) is 4.98 Å². The largest absolute Gasteiger partial charge is 0.496 e. The van der Waals surface area contributed by atoms with Crippen LogP contribution in [0.5, 0.6) is 5.75 Å². The summed E-state index contributed by atoms with van der Waals surface area (Å²) in [5.41, 5.74) is 3.52. The van der Waals surface area contributed by atoms with Crippen molar-refractivity contribution in [1.29, 1.82) is 0 Å². The van der Waals surface area contributed by atoms with E-state index in [0.29, 0.717) is 0 Å². The lowest BCUT2D eigenvalue weighted by Crippen LogP contribution is -2.02.